The number of carbonyl (C=O) groups is 2. The van der Waals surface area contributed by atoms with Crippen LogP contribution in [-0.2, 0) is 4.79 Å². The quantitative estimate of drug-likeness (QED) is 0.474. The Kier molecular flexibility index (Phi) is 3.22. The standard InChI is InChI=1S/C11H11N3O4/c15-7-8-1-2-9(10(5-8)14(17)18)13-4-3-12-11(16)6-13/h1-2,5,7H,3-4,6H2,(H,12,16). The van der Waals surface area contributed by atoms with Crippen molar-refractivity contribution in [3.05, 3.63) is 33.9 Å². The van der Waals surface area contributed by atoms with Crippen LogP contribution < -0.4 is 10.2 Å². The van der Waals surface area contributed by atoms with Gasteiger partial charge in [-0.2, -0.15) is 0 Å². The van der Waals surface area contributed by atoms with Crippen molar-refractivity contribution in [3.63, 3.8) is 0 Å². The highest BCUT2D eigenvalue weighted by Gasteiger charge is 2.24. The number of benzene rings is 1. The number of nitrogens with zero attached hydrogens (tertiary/aromatic N) is 2. The number of anilines is 1. The van der Waals surface area contributed by atoms with Gasteiger partial charge in [-0.15, -0.1) is 0 Å². The molecule has 0 aromatic heterocycles. The van der Waals surface area contributed by atoms with E-state index in [0.29, 0.717) is 25.1 Å². The van der Waals surface area contributed by atoms with Gasteiger partial charge in [-0.05, 0) is 12.1 Å². The summed E-state index contributed by atoms with van der Waals surface area (Å²) in [4.78, 5) is 34.0. The van der Waals surface area contributed by atoms with Gasteiger partial charge in [0.25, 0.3) is 5.69 Å². The lowest BCUT2D eigenvalue weighted by molar-refractivity contribution is -0.384. The van der Waals surface area contributed by atoms with E-state index in [1.165, 1.54) is 18.2 Å². The molecule has 0 unspecified atom stereocenters. The number of nitrogens with one attached hydrogen (secondary N) is 1. The molecular weight excluding hydrogens is 238 g/mol. The first-order valence-corrected chi connectivity index (χ1v) is 5.37. The van der Waals surface area contributed by atoms with E-state index in [1.54, 1.807) is 4.90 Å². The maximum absolute atomic E-state index is 11.3. The second-order valence-corrected chi connectivity index (χ2v) is 3.89. The summed E-state index contributed by atoms with van der Waals surface area (Å²) < 4.78 is 0. The highest BCUT2D eigenvalue weighted by atomic mass is 16.6. The third kappa shape index (κ3) is 2.29. The minimum absolute atomic E-state index is 0.0846. The Labute approximate surface area is 103 Å². The van der Waals surface area contributed by atoms with Crippen molar-refractivity contribution in [2.75, 3.05) is 24.5 Å². The van der Waals surface area contributed by atoms with Gasteiger partial charge in [0.1, 0.15) is 12.0 Å². The average molecular weight is 249 g/mol. The van der Waals surface area contributed by atoms with Crippen LogP contribution in [-0.4, -0.2) is 36.8 Å². The number of piperazine rings is 1. The Bertz CT molecular complexity index is 515. The van der Waals surface area contributed by atoms with Crippen molar-refractivity contribution < 1.29 is 14.5 Å². The Morgan fingerprint density at radius 2 is 2.22 bits per heavy atom. The SMILES string of the molecule is O=Cc1ccc(N2CCNC(=O)C2)c([N+](=O)[O-])c1. The maximum atomic E-state index is 11.3. The molecule has 1 aromatic rings. The topological polar surface area (TPSA) is 92.6 Å². The van der Waals surface area contributed by atoms with Crippen LogP contribution in [0.25, 0.3) is 0 Å². The molecule has 94 valence electrons. The second kappa shape index (κ2) is 4.82. The summed E-state index contributed by atoms with van der Waals surface area (Å²) in [5, 5.41) is 13.6. The Balaban J connectivity index is 2.39. The molecule has 0 spiro atoms. The third-order valence-corrected chi connectivity index (χ3v) is 2.71. The molecule has 1 aliphatic heterocycles. The van der Waals surface area contributed by atoms with E-state index in [9.17, 15) is 19.7 Å². The molecule has 2 rings (SSSR count). The molecule has 0 radical (unpaired) electrons. The van der Waals surface area contributed by atoms with Crippen LogP contribution in [0.15, 0.2) is 18.2 Å². The van der Waals surface area contributed by atoms with Gasteiger partial charge in [-0.25, -0.2) is 0 Å². The van der Waals surface area contributed by atoms with Gasteiger partial charge in [0.15, 0.2) is 0 Å². The highest BCUT2D eigenvalue weighted by molar-refractivity contribution is 5.85. The fourth-order valence-electron chi connectivity index (χ4n) is 1.87. The number of carbonyl (C=O) groups excluding carboxylic acids is 2. The minimum atomic E-state index is -0.547. The molecule has 1 saturated heterocycles. The first kappa shape index (κ1) is 12.0. The molecular formula is C11H11N3O4. The van der Waals surface area contributed by atoms with Crippen molar-refractivity contribution >= 4 is 23.6 Å². The predicted molar refractivity (Wildman–Crippen MR) is 63.7 cm³/mol. The van der Waals surface area contributed by atoms with Crippen molar-refractivity contribution in [2.24, 2.45) is 0 Å². The summed E-state index contributed by atoms with van der Waals surface area (Å²) in [6.07, 6.45) is 0.555. The monoisotopic (exact) mass is 249 g/mol. The van der Waals surface area contributed by atoms with Crippen molar-refractivity contribution in [2.45, 2.75) is 0 Å². The lowest BCUT2D eigenvalue weighted by Crippen LogP contribution is -2.47. The molecule has 7 nitrogen and oxygen atoms in total. The zero-order valence-corrected chi connectivity index (χ0v) is 9.46. The Morgan fingerprint density at radius 3 is 2.83 bits per heavy atom. The van der Waals surface area contributed by atoms with Crippen molar-refractivity contribution in [1.82, 2.24) is 5.32 Å². The lowest BCUT2D eigenvalue weighted by Gasteiger charge is -2.28. The van der Waals surface area contributed by atoms with Gasteiger partial charge >= 0.3 is 0 Å². The average Bonchev–Trinajstić information content (AvgIpc) is 2.38. The van der Waals surface area contributed by atoms with Crippen LogP contribution in [0, 0.1) is 10.1 Å². The van der Waals surface area contributed by atoms with Gasteiger partial charge in [-0.1, -0.05) is 0 Å². The van der Waals surface area contributed by atoms with Crippen molar-refractivity contribution in [3.8, 4) is 0 Å². The number of rotatable bonds is 3. The number of nitro benzene ring substituents is 1. The van der Waals surface area contributed by atoms with E-state index < -0.39 is 4.92 Å². The van der Waals surface area contributed by atoms with Gasteiger partial charge in [0, 0.05) is 24.7 Å². The number of nitro groups is 1. The van der Waals surface area contributed by atoms with E-state index >= 15 is 0 Å². The number of amides is 1. The molecule has 0 saturated carbocycles. The van der Waals surface area contributed by atoms with Crippen molar-refractivity contribution in [1.29, 1.82) is 0 Å². The molecule has 1 amide bonds. The summed E-state index contributed by atoms with van der Waals surface area (Å²) in [6.45, 7) is 1.04. The van der Waals surface area contributed by atoms with Crippen LogP contribution in [0.4, 0.5) is 11.4 Å². The van der Waals surface area contributed by atoms with E-state index in [-0.39, 0.29) is 23.7 Å². The fourth-order valence-corrected chi connectivity index (χ4v) is 1.87. The molecule has 1 fully saturated rings. The Hall–Kier alpha value is -2.44. The fraction of sp³-hybridized carbons (Fsp3) is 0.273. The molecule has 1 aliphatic rings. The molecule has 0 atom stereocenters. The van der Waals surface area contributed by atoms with Crippen LogP contribution in [0.5, 0.6) is 0 Å². The zero-order valence-electron chi connectivity index (χ0n) is 9.46. The molecule has 0 bridgehead atoms. The van der Waals surface area contributed by atoms with E-state index in [1.807, 2.05) is 0 Å². The molecule has 1 aromatic carbocycles. The molecule has 7 heteroatoms. The number of hydrogen-bond donors (Lipinski definition) is 1. The lowest BCUT2D eigenvalue weighted by atomic mass is 10.1. The second-order valence-electron chi connectivity index (χ2n) is 3.89. The zero-order chi connectivity index (χ0) is 13.1. The van der Waals surface area contributed by atoms with E-state index in [4.69, 9.17) is 0 Å². The summed E-state index contributed by atoms with van der Waals surface area (Å²) in [5.41, 5.74) is 0.446. The van der Waals surface area contributed by atoms with Gasteiger partial charge in [0.2, 0.25) is 5.91 Å². The third-order valence-electron chi connectivity index (χ3n) is 2.71. The van der Waals surface area contributed by atoms with E-state index in [2.05, 4.69) is 5.32 Å². The predicted octanol–water partition coefficient (Wildman–Crippen LogP) is 0.343. The normalized spacial score (nSPS) is 15.1. The summed E-state index contributed by atoms with van der Waals surface area (Å²) in [7, 11) is 0. The minimum Gasteiger partial charge on any atom is -0.355 e. The summed E-state index contributed by atoms with van der Waals surface area (Å²) in [6, 6.07) is 4.22. The van der Waals surface area contributed by atoms with Gasteiger partial charge in [0.05, 0.1) is 11.5 Å². The van der Waals surface area contributed by atoms with E-state index in [0.717, 1.165) is 0 Å². The van der Waals surface area contributed by atoms with Crippen LogP contribution >= 0.6 is 0 Å². The first-order chi connectivity index (χ1) is 8.61. The van der Waals surface area contributed by atoms with Crippen LogP contribution in [0.3, 0.4) is 0 Å². The first-order valence-electron chi connectivity index (χ1n) is 5.37. The summed E-state index contributed by atoms with van der Waals surface area (Å²) in [5.74, 6) is -0.171. The maximum Gasteiger partial charge on any atom is 0.293 e. The van der Waals surface area contributed by atoms with Gasteiger partial charge < -0.3 is 10.2 Å². The smallest absolute Gasteiger partial charge is 0.293 e. The number of aldehydes is 1. The van der Waals surface area contributed by atoms with Gasteiger partial charge in [-0.3, -0.25) is 19.7 Å². The molecule has 0 aliphatic carbocycles. The molecule has 1 heterocycles. The number of hydrogen-bond acceptors (Lipinski definition) is 5. The van der Waals surface area contributed by atoms with Crippen LogP contribution in [0.2, 0.25) is 0 Å². The largest absolute Gasteiger partial charge is 0.355 e. The van der Waals surface area contributed by atoms with Crippen LogP contribution in [0.1, 0.15) is 10.4 Å². The highest BCUT2D eigenvalue weighted by Crippen LogP contribution is 2.29. The molecule has 1 N–H and O–H groups in total. The Morgan fingerprint density at radius 1 is 1.44 bits per heavy atom. The molecule has 18 heavy (non-hydrogen) atoms. The summed E-state index contributed by atoms with van der Waals surface area (Å²) >= 11 is 0.